The van der Waals surface area contributed by atoms with Crippen molar-refractivity contribution in [2.75, 3.05) is 31.1 Å². The lowest BCUT2D eigenvalue weighted by Gasteiger charge is -2.36. The number of nitrogens with zero attached hydrogens (tertiary/aromatic N) is 4. The number of hydrogen-bond donors (Lipinski definition) is 0. The van der Waals surface area contributed by atoms with Crippen molar-refractivity contribution in [1.29, 1.82) is 0 Å². The van der Waals surface area contributed by atoms with Crippen molar-refractivity contribution < 1.29 is 22.7 Å². The molecule has 0 atom stereocenters. The molecule has 3 aromatic rings. The largest absolute Gasteiger partial charge is 0.573 e. The van der Waals surface area contributed by atoms with Gasteiger partial charge in [-0.15, -0.1) is 13.2 Å². The van der Waals surface area contributed by atoms with Crippen molar-refractivity contribution in [2.24, 2.45) is 0 Å². The molecule has 0 N–H and O–H groups in total. The highest BCUT2D eigenvalue weighted by Crippen LogP contribution is 2.32. The number of pyridine rings is 1. The molecule has 9 heteroatoms. The predicted molar refractivity (Wildman–Crippen MR) is 130 cm³/mol. The Morgan fingerprint density at radius 2 is 1.72 bits per heavy atom. The fourth-order valence-corrected chi connectivity index (χ4v) is 4.95. The number of hydrogen-bond acceptors (Lipinski definition) is 5. The number of anilines is 1. The zero-order chi connectivity index (χ0) is 25.3. The van der Waals surface area contributed by atoms with E-state index in [1.54, 1.807) is 23.2 Å². The SMILES string of the molecule is Cc1cc(N2CCN(Cc3cccnc3)CC2)cc2c1C(=O)N(Cc1ccc(OC(F)(F)F)cc1)C2. The van der Waals surface area contributed by atoms with E-state index in [2.05, 4.69) is 37.7 Å². The molecule has 1 aromatic heterocycles. The van der Waals surface area contributed by atoms with Gasteiger partial charge in [0.05, 0.1) is 0 Å². The Balaban J connectivity index is 1.22. The van der Waals surface area contributed by atoms with Crippen molar-refractivity contribution in [3.8, 4) is 5.75 Å². The third-order valence-electron chi connectivity index (χ3n) is 6.66. The molecule has 0 saturated carbocycles. The van der Waals surface area contributed by atoms with Crippen molar-refractivity contribution in [3.63, 3.8) is 0 Å². The van der Waals surface area contributed by atoms with Crippen LogP contribution in [0, 0.1) is 6.92 Å². The van der Waals surface area contributed by atoms with E-state index < -0.39 is 6.36 Å². The highest BCUT2D eigenvalue weighted by molar-refractivity contribution is 6.00. The van der Waals surface area contributed by atoms with Crippen LogP contribution < -0.4 is 9.64 Å². The van der Waals surface area contributed by atoms with Gasteiger partial charge in [-0.3, -0.25) is 14.7 Å². The summed E-state index contributed by atoms with van der Waals surface area (Å²) in [6, 6.07) is 13.9. The first-order chi connectivity index (χ1) is 17.2. The molecule has 1 saturated heterocycles. The van der Waals surface area contributed by atoms with Gasteiger partial charge in [-0.1, -0.05) is 18.2 Å². The van der Waals surface area contributed by atoms with Gasteiger partial charge in [0, 0.05) is 69.5 Å². The van der Waals surface area contributed by atoms with Crippen LogP contribution in [0.2, 0.25) is 0 Å². The molecule has 0 spiro atoms. The van der Waals surface area contributed by atoms with E-state index in [0.717, 1.165) is 60.7 Å². The lowest BCUT2D eigenvalue weighted by Crippen LogP contribution is -2.46. The van der Waals surface area contributed by atoms with Crippen LogP contribution in [0.4, 0.5) is 18.9 Å². The van der Waals surface area contributed by atoms with Crippen molar-refractivity contribution in [2.45, 2.75) is 32.9 Å². The van der Waals surface area contributed by atoms with Crippen LogP contribution in [-0.2, 0) is 19.6 Å². The number of carbonyl (C=O) groups is 1. The number of ether oxygens (including phenoxy) is 1. The summed E-state index contributed by atoms with van der Waals surface area (Å²) in [4.78, 5) is 23.8. The number of piperazine rings is 1. The Bertz CT molecular complexity index is 1220. The second-order valence-electron chi connectivity index (χ2n) is 9.27. The summed E-state index contributed by atoms with van der Waals surface area (Å²) in [5.41, 5.74) is 5.74. The summed E-state index contributed by atoms with van der Waals surface area (Å²) < 4.78 is 41.1. The van der Waals surface area contributed by atoms with Gasteiger partial charge in [0.1, 0.15) is 5.75 Å². The van der Waals surface area contributed by atoms with Crippen LogP contribution in [0.3, 0.4) is 0 Å². The molecule has 0 radical (unpaired) electrons. The summed E-state index contributed by atoms with van der Waals surface area (Å²) in [6.45, 7) is 7.36. The van der Waals surface area contributed by atoms with Crippen molar-refractivity contribution in [1.82, 2.24) is 14.8 Å². The number of benzene rings is 2. The Morgan fingerprint density at radius 1 is 0.972 bits per heavy atom. The average Bonchev–Trinajstić information content (AvgIpc) is 3.16. The van der Waals surface area contributed by atoms with E-state index in [1.165, 1.54) is 17.7 Å². The minimum atomic E-state index is -4.73. The maximum absolute atomic E-state index is 13.1. The molecule has 1 fully saturated rings. The van der Waals surface area contributed by atoms with Crippen molar-refractivity contribution >= 4 is 11.6 Å². The molecule has 0 bridgehead atoms. The fraction of sp³-hybridized carbons (Fsp3) is 0.333. The molecule has 1 amide bonds. The fourth-order valence-electron chi connectivity index (χ4n) is 4.95. The van der Waals surface area contributed by atoms with E-state index >= 15 is 0 Å². The van der Waals surface area contributed by atoms with Gasteiger partial charge in [0.2, 0.25) is 0 Å². The molecule has 36 heavy (non-hydrogen) atoms. The summed E-state index contributed by atoms with van der Waals surface area (Å²) in [5, 5.41) is 0. The van der Waals surface area contributed by atoms with Gasteiger partial charge in [0.15, 0.2) is 0 Å². The summed E-state index contributed by atoms with van der Waals surface area (Å²) in [6.07, 6.45) is -1.04. The molecule has 2 aromatic carbocycles. The molecule has 6 nitrogen and oxygen atoms in total. The number of aryl methyl sites for hydroxylation is 1. The topological polar surface area (TPSA) is 48.9 Å². The normalized spacial score (nSPS) is 16.4. The lowest BCUT2D eigenvalue weighted by molar-refractivity contribution is -0.274. The zero-order valence-corrected chi connectivity index (χ0v) is 20.0. The predicted octanol–water partition coefficient (Wildman–Crippen LogP) is 4.77. The van der Waals surface area contributed by atoms with Crippen LogP contribution >= 0.6 is 0 Å². The Kier molecular flexibility index (Phi) is 6.57. The molecule has 2 aliphatic heterocycles. The molecular formula is C27H27F3N4O2. The Labute approximate surface area is 207 Å². The third kappa shape index (κ3) is 5.46. The van der Waals surface area contributed by atoms with E-state index in [4.69, 9.17) is 0 Å². The zero-order valence-electron chi connectivity index (χ0n) is 20.0. The van der Waals surface area contributed by atoms with E-state index in [9.17, 15) is 18.0 Å². The summed E-state index contributed by atoms with van der Waals surface area (Å²) in [5.74, 6) is -0.325. The molecule has 5 rings (SSSR count). The van der Waals surface area contributed by atoms with E-state index in [0.29, 0.717) is 13.1 Å². The van der Waals surface area contributed by atoms with Gasteiger partial charge >= 0.3 is 6.36 Å². The average molecular weight is 497 g/mol. The van der Waals surface area contributed by atoms with Crippen LogP contribution in [0.1, 0.15) is 32.6 Å². The van der Waals surface area contributed by atoms with E-state index in [-0.39, 0.29) is 11.7 Å². The quantitative estimate of drug-likeness (QED) is 0.492. The van der Waals surface area contributed by atoms with Crippen LogP contribution in [0.25, 0.3) is 0 Å². The first-order valence-electron chi connectivity index (χ1n) is 11.9. The van der Waals surface area contributed by atoms with Gasteiger partial charge in [-0.05, 0) is 59.5 Å². The monoisotopic (exact) mass is 496 g/mol. The highest BCUT2D eigenvalue weighted by Gasteiger charge is 2.32. The Hall–Kier alpha value is -3.59. The number of fused-ring (bicyclic) bond motifs is 1. The first-order valence-corrected chi connectivity index (χ1v) is 11.9. The maximum atomic E-state index is 13.1. The van der Waals surface area contributed by atoms with Crippen LogP contribution in [-0.4, -0.2) is 53.2 Å². The molecule has 0 unspecified atom stereocenters. The van der Waals surface area contributed by atoms with Gasteiger partial charge in [0.25, 0.3) is 5.91 Å². The van der Waals surface area contributed by atoms with Crippen molar-refractivity contribution in [3.05, 3.63) is 88.7 Å². The number of rotatable bonds is 6. The minimum absolute atomic E-state index is 0.0500. The highest BCUT2D eigenvalue weighted by atomic mass is 19.4. The molecular weight excluding hydrogens is 469 g/mol. The maximum Gasteiger partial charge on any atom is 0.573 e. The number of alkyl halides is 3. The molecule has 2 aliphatic rings. The third-order valence-corrected chi connectivity index (χ3v) is 6.66. The second kappa shape index (κ2) is 9.81. The minimum Gasteiger partial charge on any atom is -0.406 e. The molecule has 0 aliphatic carbocycles. The first kappa shape index (κ1) is 24.1. The standard InChI is InChI=1S/C27H27F3N4O2/c1-19-13-23(33-11-9-32(10-12-33)16-21-3-2-8-31-15-21)14-22-18-34(26(35)25(19)22)17-20-4-6-24(7-5-20)36-27(28,29)30/h2-8,13-15H,9-12,16-18H2,1H3. The smallest absolute Gasteiger partial charge is 0.406 e. The summed E-state index contributed by atoms with van der Waals surface area (Å²) in [7, 11) is 0. The van der Waals surface area contributed by atoms with E-state index in [1.807, 2.05) is 19.2 Å². The van der Waals surface area contributed by atoms with Gasteiger partial charge in [-0.2, -0.15) is 0 Å². The van der Waals surface area contributed by atoms with Gasteiger partial charge < -0.3 is 14.5 Å². The second-order valence-corrected chi connectivity index (χ2v) is 9.27. The summed E-state index contributed by atoms with van der Waals surface area (Å²) >= 11 is 0. The number of amides is 1. The number of halogens is 3. The number of aromatic nitrogens is 1. The lowest BCUT2D eigenvalue weighted by atomic mass is 10.0. The number of carbonyl (C=O) groups excluding carboxylic acids is 1. The van der Waals surface area contributed by atoms with Crippen LogP contribution in [0.15, 0.2) is 60.9 Å². The molecule has 3 heterocycles. The van der Waals surface area contributed by atoms with Gasteiger partial charge in [-0.25, -0.2) is 0 Å². The molecule has 188 valence electrons. The Morgan fingerprint density at radius 3 is 2.39 bits per heavy atom. The van der Waals surface area contributed by atoms with Crippen LogP contribution in [0.5, 0.6) is 5.75 Å².